The number of benzene rings is 2. The SMILES string of the molecule is NCc1ccc(Cl)cc1Oc1cc(Br)cc([N+](=O)[O-])c1. The summed E-state index contributed by atoms with van der Waals surface area (Å²) < 4.78 is 6.21. The van der Waals surface area contributed by atoms with Gasteiger partial charge >= 0.3 is 0 Å². The molecule has 0 atom stereocenters. The summed E-state index contributed by atoms with van der Waals surface area (Å²) in [5, 5.41) is 11.3. The fourth-order valence-corrected chi connectivity index (χ4v) is 2.25. The van der Waals surface area contributed by atoms with Gasteiger partial charge in [-0.1, -0.05) is 33.6 Å². The molecule has 0 heterocycles. The molecule has 0 saturated carbocycles. The zero-order valence-corrected chi connectivity index (χ0v) is 12.5. The number of hydrogen-bond donors (Lipinski definition) is 1. The minimum Gasteiger partial charge on any atom is -0.457 e. The lowest BCUT2D eigenvalue weighted by Gasteiger charge is -2.10. The molecule has 2 rings (SSSR count). The molecule has 0 bridgehead atoms. The molecular weight excluding hydrogens is 348 g/mol. The van der Waals surface area contributed by atoms with E-state index in [9.17, 15) is 10.1 Å². The molecule has 0 unspecified atom stereocenters. The van der Waals surface area contributed by atoms with E-state index in [1.165, 1.54) is 12.1 Å². The molecular formula is C13H10BrClN2O3. The molecule has 0 saturated heterocycles. The Hall–Kier alpha value is -1.63. The fraction of sp³-hybridized carbons (Fsp3) is 0.0769. The molecule has 2 aromatic rings. The minimum absolute atomic E-state index is 0.0642. The molecule has 5 nitrogen and oxygen atoms in total. The number of nitro groups is 1. The molecule has 0 radical (unpaired) electrons. The third kappa shape index (κ3) is 3.47. The topological polar surface area (TPSA) is 78.4 Å². The molecule has 0 aliphatic heterocycles. The number of hydrogen-bond acceptors (Lipinski definition) is 4. The molecule has 2 N–H and O–H groups in total. The van der Waals surface area contributed by atoms with Crippen LogP contribution in [0.1, 0.15) is 5.56 Å². The van der Waals surface area contributed by atoms with Gasteiger partial charge in [0.25, 0.3) is 5.69 Å². The van der Waals surface area contributed by atoms with E-state index in [0.29, 0.717) is 21.0 Å². The quantitative estimate of drug-likeness (QED) is 0.655. The maximum absolute atomic E-state index is 10.8. The van der Waals surface area contributed by atoms with E-state index in [1.54, 1.807) is 24.3 Å². The zero-order valence-electron chi connectivity index (χ0n) is 10.2. The molecule has 0 spiro atoms. The predicted molar refractivity (Wildman–Crippen MR) is 80.2 cm³/mol. The first kappa shape index (κ1) is 14.8. The summed E-state index contributed by atoms with van der Waals surface area (Å²) in [6.07, 6.45) is 0. The highest BCUT2D eigenvalue weighted by molar-refractivity contribution is 9.10. The maximum Gasteiger partial charge on any atom is 0.274 e. The van der Waals surface area contributed by atoms with Crippen molar-refractivity contribution in [1.29, 1.82) is 0 Å². The maximum atomic E-state index is 10.8. The molecule has 0 aliphatic carbocycles. The zero-order chi connectivity index (χ0) is 14.7. The van der Waals surface area contributed by atoms with Gasteiger partial charge in [0.2, 0.25) is 0 Å². The summed E-state index contributed by atoms with van der Waals surface area (Å²) in [4.78, 5) is 10.3. The van der Waals surface area contributed by atoms with Crippen LogP contribution >= 0.6 is 27.5 Å². The van der Waals surface area contributed by atoms with Crippen molar-refractivity contribution in [3.63, 3.8) is 0 Å². The second kappa shape index (κ2) is 6.21. The molecule has 0 aliphatic rings. The van der Waals surface area contributed by atoms with E-state index in [4.69, 9.17) is 22.1 Å². The first-order valence-corrected chi connectivity index (χ1v) is 6.78. The summed E-state index contributed by atoms with van der Waals surface area (Å²) >= 11 is 9.12. The van der Waals surface area contributed by atoms with Crippen LogP contribution in [0.4, 0.5) is 5.69 Å². The summed E-state index contributed by atoms with van der Waals surface area (Å²) in [5.41, 5.74) is 6.32. The van der Waals surface area contributed by atoms with Crippen LogP contribution in [0, 0.1) is 10.1 Å². The van der Waals surface area contributed by atoms with Gasteiger partial charge in [-0.3, -0.25) is 10.1 Å². The number of rotatable bonds is 4. The highest BCUT2D eigenvalue weighted by Crippen LogP contribution is 2.32. The molecule has 0 aromatic heterocycles. The van der Waals surface area contributed by atoms with Gasteiger partial charge in [0.05, 0.1) is 11.0 Å². The van der Waals surface area contributed by atoms with Crippen molar-refractivity contribution in [1.82, 2.24) is 0 Å². The number of nitro benzene ring substituents is 1. The number of non-ortho nitro benzene ring substituents is 1. The molecule has 2 aromatic carbocycles. The normalized spacial score (nSPS) is 10.3. The van der Waals surface area contributed by atoms with Gasteiger partial charge in [-0.2, -0.15) is 0 Å². The second-order valence-corrected chi connectivity index (χ2v) is 5.31. The Labute approximate surface area is 128 Å². The van der Waals surface area contributed by atoms with Gasteiger partial charge in [0, 0.05) is 27.7 Å². The first-order valence-electron chi connectivity index (χ1n) is 5.61. The van der Waals surface area contributed by atoms with Crippen molar-refractivity contribution < 1.29 is 9.66 Å². The van der Waals surface area contributed by atoms with Gasteiger partial charge in [0.1, 0.15) is 11.5 Å². The third-order valence-electron chi connectivity index (χ3n) is 2.54. The lowest BCUT2D eigenvalue weighted by Crippen LogP contribution is -1.99. The van der Waals surface area contributed by atoms with Gasteiger partial charge in [-0.25, -0.2) is 0 Å². The lowest BCUT2D eigenvalue weighted by molar-refractivity contribution is -0.385. The van der Waals surface area contributed by atoms with E-state index in [1.807, 2.05) is 0 Å². The standard InChI is InChI=1S/C13H10BrClN2O3/c14-9-3-11(17(18)19)6-12(4-9)20-13-5-10(15)2-1-8(13)7-16/h1-6H,7,16H2. The van der Waals surface area contributed by atoms with E-state index < -0.39 is 4.92 Å². The fourth-order valence-electron chi connectivity index (χ4n) is 1.63. The van der Waals surface area contributed by atoms with Gasteiger partial charge in [0.15, 0.2) is 0 Å². The van der Waals surface area contributed by atoms with Crippen molar-refractivity contribution in [3.05, 3.63) is 61.6 Å². The summed E-state index contributed by atoms with van der Waals surface area (Å²) in [6.45, 7) is 0.280. The molecule has 0 fully saturated rings. The van der Waals surface area contributed by atoms with E-state index >= 15 is 0 Å². The van der Waals surface area contributed by atoms with Crippen molar-refractivity contribution in [2.45, 2.75) is 6.54 Å². The lowest BCUT2D eigenvalue weighted by atomic mass is 10.2. The summed E-state index contributed by atoms with van der Waals surface area (Å²) in [6, 6.07) is 9.45. The van der Waals surface area contributed by atoms with Crippen LogP contribution in [0.3, 0.4) is 0 Å². The van der Waals surface area contributed by atoms with Gasteiger partial charge in [-0.15, -0.1) is 0 Å². The first-order chi connectivity index (χ1) is 9.49. The van der Waals surface area contributed by atoms with E-state index in [0.717, 1.165) is 5.56 Å². The molecule has 20 heavy (non-hydrogen) atoms. The van der Waals surface area contributed by atoms with Gasteiger partial charge < -0.3 is 10.5 Å². The highest BCUT2D eigenvalue weighted by atomic mass is 79.9. The van der Waals surface area contributed by atoms with E-state index in [2.05, 4.69) is 15.9 Å². The van der Waals surface area contributed by atoms with Crippen LogP contribution in [-0.2, 0) is 6.54 Å². The Morgan fingerprint density at radius 2 is 2.05 bits per heavy atom. The Bertz CT molecular complexity index is 664. The minimum atomic E-state index is -0.487. The average Bonchev–Trinajstić information content (AvgIpc) is 2.38. The number of halogens is 2. The number of nitrogens with zero attached hydrogens (tertiary/aromatic N) is 1. The highest BCUT2D eigenvalue weighted by Gasteiger charge is 2.11. The van der Waals surface area contributed by atoms with Crippen molar-refractivity contribution in [2.24, 2.45) is 5.73 Å². The summed E-state index contributed by atoms with van der Waals surface area (Å²) in [7, 11) is 0. The predicted octanol–water partition coefficient (Wildman–Crippen LogP) is 4.26. The Morgan fingerprint density at radius 1 is 1.30 bits per heavy atom. The third-order valence-corrected chi connectivity index (χ3v) is 3.24. The van der Waals surface area contributed by atoms with E-state index in [-0.39, 0.29) is 12.2 Å². The largest absolute Gasteiger partial charge is 0.457 e. The molecule has 0 amide bonds. The smallest absolute Gasteiger partial charge is 0.274 e. The van der Waals surface area contributed by atoms with Crippen molar-refractivity contribution in [2.75, 3.05) is 0 Å². The van der Waals surface area contributed by atoms with Crippen molar-refractivity contribution >= 4 is 33.2 Å². The number of nitrogens with two attached hydrogens (primary N) is 1. The Morgan fingerprint density at radius 3 is 2.70 bits per heavy atom. The average molecular weight is 358 g/mol. The Kier molecular flexibility index (Phi) is 4.59. The number of ether oxygens (including phenoxy) is 1. The monoisotopic (exact) mass is 356 g/mol. The van der Waals surface area contributed by atoms with Crippen LogP contribution in [0.5, 0.6) is 11.5 Å². The van der Waals surface area contributed by atoms with Crippen LogP contribution in [-0.4, -0.2) is 4.92 Å². The van der Waals surface area contributed by atoms with Crippen LogP contribution in [0.15, 0.2) is 40.9 Å². The summed E-state index contributed by atoms with van der Waals surface area (Å²) in [5.74, 6) is 0.815. The van der Waals surface area contributed by atoms with Crippen molar-refractivity contribution in [3.8, 4) is 11.5 Å². The second-order valence-electron chi connectivity index (χ2n) is 3.96. The van der Waals surface area contributed by atoms with Crippen LogP contribution in [0.25, 0.3) is 0 Å². The Balaban J connectivity index is 2.39. The van der Waals surface area contributed by atoms with Crippen LogP contribution in [0.2, 0.25) is 5.02 Å². The molecule has 7 heteroatoms. The molecule has 104 valence electrons. The van der Waals surface area contributed by atoms with Gasteiger partial charge in [-0.05, 0) is 18.2 Å². The van der Waals surface area contributed by atoms with Crippen LogP contribution < -0.4 is 10.5 Å².